The number of nitrogens with zero attached hydrogens (tertiary/aromatic N) is 7. The van der Waals surface area contributed by atoms with Gasteiger partial charge in [0.15, 0.2) is 5.82 Å². The molecule has 40 heavy (non-hydrogen) atoms. The Balaban J connectivity index is 1.73. The SMILES string of the molecule is CCC(C)NC(=O)c1cc(Cl)cc(C)c1NC(=O)c1cc(Cn2nnc(C(F)(F)F)n2)nn1-c1ncccc1Cl. The molecule has 3 aromatic heterocycles. The zero-order valence-electron chi connectivity index (χ0n) is 21.3. The quantitative estimate of drug-likeness (QED) is 0.301. The first-order valence-electron chi connectivity index (χ1n) is 11.8. The van der Waals surface area contributed by atoms with Gasteiger partial charge >= 0.3 is 6.18 Å². The van der Waals surface area contributed by atoms with Crippen LogP contribution in [0.5, 0.6) is 0 Å². The molecule has 0 aliphatic heterocycles. The van der Waals surface area contributed by atoms with E-state index in [-0.39, 0.29) is 46.1 Å². The van der Waals surface area contributed by atoms with Gasteiger partial charge in [-0.15, -0.1) is 10.2 Å². The van der Waals surface area contributed by atoms with Crippen molar-refractivity contribution >= 4 is 40.7 Å². The van der Waals surface area contributed by atoms with Gasteiger partial charge in [0, 0.05) is 17.3 Å². The average Bonchev–Trinajstić information content (AvgIpc) is 3.53. The lowest BCUT2D eigenvalue weighted by Crippen LogP contribution is -2.33. The fraction of sp³-hybridized carbons (Fsp3) is 0.292. The Kier molecular flexibility index (Phi) is 8.40. The second kappa shape index (κ2) is 11.6. The van der Waals surface area contributed by atoms with Crippen molar-refractivity contribution in [3.8, 4) is 5.82 Å². The molecule has 1 atom stereocenters. The molecule has 0 saturated carbocycles. The number of amides is 2. The van der Waals surface area contributed by atoms with Gasteiger partial charge in [0.1, 0.15) is 12.2 Å². The first kappa shape index (κ1) is 29.0. The molecule has 0 bridgehead atoms. The summed E-state index contributed by atoms with van der Waals surface area (Å²) in [6, 6.07) is 7.32. The summed E-state index contributed by atoms with van der Waals surface area (Å²) < 4.78 is 39.9. The van der Waals surface area contributed by atoms with Crippen molar-refractivity contribution in [3.63, 3.8) is 0 Å². The van der Waals surface area contributed by atoms with Crippen LogP contribution in [-0.2, 0) is 12.7 Å². The molecular formula is C24H22Cl2F3N9O2. The number of halogens is 5. The van der Waals surface area contributed by atoms with Gasteiger partial charge in [0.2, 0.25) is 0 Å². The van der Waals surface area contributed by atoms with Crippen LogP contribution < -0.4 is 10.6 Å². The van der Waals surface area contributed by atoms with Crippen LogP contribution in [0.4, 0.5) is 18.9 Å². The highest BCUT2D eigenvalue weighted by atomic mass is 35.5. The Morgan fingerprint density at radius 2 is 1.88 bits per heavy atom. The van der Waals surface area contributed by atoms with Crippen molar-refractivity contribution < 1.29 is 22.8 Å². The third-order valence-electron chi connectivity index (χ3n) is 5.72. The molecule has 3 heterocycles. The number of pyridine rings is 1. The van der Waals surface area contributed by atoms with E-state index in [2.05, 4.69) is 36.1 Å². The number of tetrazole rings is 1. The number of alkyl halides is 3. The van der Waals surface area contributed by atoms with Crippen LogP contribution in [0.1, 0.15) is 58.2 Å². The highest BCUT2D eigenvalue weighted by Crippen LogP contribution is 2.28. The Hall–Kier alpha value is -4.04. The van der Waals surface area contributed by atoms with Crippen LogP contribution in [0.3, 0.4) is 0 Å². The van der Waals surface area contributed by atoms with Gasteiger partial charge in [-0.25, -0.2) is 9.67 Å². The van der Waals surface area contributed by atoms with Gasteiger partial charge < -0.3 is 10.6 Å². The summed E-state index contributed by atoms with van der Waals surface area (Å²) in [7, 11) is 0. The number of carbonyl (C=O) groups excluding carboxylic acids is 2. The summed E-state index contributed by atoms with van der Waals surface area (Å²) in [6.45, 7) is 5.08. The minimum Gasteiger partial charge on any atom is -0.350 e. The summed E-state index contributed by atoms with van der Waals surface area (Å²) in [4.78, 5) is 31.5. The van der Waals surface area contributed by atoms with Crippen LogP contribution in [-0.4, -0.2) is 52.8 Å². The Morgan fingerprint density at radius 3 is 2.52 bits per heavy atom. The van der Waals surface area contributed by atoms with Crippen molar-refractivity contribution in [2.75, 3.05) is 5.32 Å². The maximum absolute atomic E-state index is 13.6. The first-order valence-corrected chi connectivity index (χ1v) is 12.6. The van der Waals surface area contributed by atoms with Crippen LogP contribution in [0.15, 0.2) is 36.5 Å². The fourth-order valence-electron chi connectivity index (χ4n) is 3.60. The lowest BCUT2D eigenvalue weighted by atomic mass is 10.1. The highest BCUT2D eigenvalue weighted by Gasteiger charge is 2.37. The van der Waals surface area contributed by atoms with Gasteiger partial charge in [-0.05, 0) is 61.4 Å². The molecule has 0 saturated heterocycles. The van der Waals surface area contributed by atoms with E-state index in [0.29, 0.717) is 21.8 Å². The van der Waals surface area contributed by atoms with Crippen molar-refractivity contribution in [2.24, 2.45) is 0 Å². The molecule has 0 radical (unpaired) electrons. The normalized spacial score (nSPS) is 12.3. The molecule has 0 aliphatic carbocycles. The molecule has 1 unspecified atom stereocenters. The molecule has 4 rings (SSSR count). The molecule has 0 aliphatic rings. The topological polar surface area (TPSA) is 133 Å². The third kappa shape index (κ3) is 6.39. The fourth-order valence-corrected chi connectivity index (χ4v) is 4.08. The highest BCUT2D eigenvalue weighted by molar-refractivity contribution is 6.32. The predicted molar refractivity (Wildman–Crippen MR) is 140 cm³/mol. The number of anilines is 1. The molecule has 0 spiro atoms. The molecule has 1 aromatic carbocycles. The minimum atomic E-state index is -4.78. The number of hydrogen-bond acceptors (Lipinski definition) is 7. The van der Waals surface area contributed by atoms with Crippen LogP contribution in [0.25, 0.3) is 5.82 Å². The second-order valence-electron chi connectivity index (χ2n) is 8.76. The van der Waals surface area contributed by atoms with E-state index in [1.54, 1.807) is 19.1 Å². The summed E-state index contributed by atoms with van der Waals surface area (Å²) in [5.74, 6) is -2.47. The van der Waals surface area contributed by atoms with E-state index in [4.69, 9.17) is 23.2 Å². The number of aromatic nitrogens is 7. The third-order valence-corrected chi connectivity index (χ3v) is 6.23. The van der Waals surface area contributed by atoms with E-state index < -0.39 is 23.8 Å². The van der Waals surface area contributed by atoms with Crippen LogP contribution in [0.2, 0.25) is 10.0 Å². The molecule has 2 N–H and O–H groups in total. The number of carbonyl (C=O) groups is 2. The van der Waals surface area contributed by atoms with Crippen molar-refractivity contribution in [2.45, 2.75) is 46.0 Å². The van der Waals surface area contributed by atoms with Gasteiger partial charge in [0.05, 0.1) is 22.0 Å². The monoisotopic (exact) mass is 595 g/mol. The summed E-state index contributed by atoms with van der Waals surface area (Å²) in [5, 5.41) is 20.1. The number of rotatable bonds is 8. The molecular weight excluding hydrogens is 574 g/mol. The van der Waals surface area contributed by atoms with Crippen LogP contribution in [0, 0.1) is 6.92 Å². The Morgan fingerprint density at radius 1 is 1.12 bits per heavy atom. The summed E-state index contributed by atoms with van der Waals surface area (Å²) in [6.07, 6.45) is -2.66. The lowest BCUT2D eigenvalue weighted by molar-refractivity contribution is -0.145. The molecule has 4 aromatic rings. The smallest absolute Gasteiger partial charge is 0.350 e. The molecule has 11 nitrogen and oxygen atoms in total. The molecule has 210 valence electrons. The molecule has 2 amide bonds. The average molecular weight is 596 g/mol. The molecule has 16 heteroatoms. The van der Waals surface area contributed by atoms with Crippen molar-refractivity contribution in [1.82, 2.24) is 40.3 Å². The first-order chi connectivity index (χ1) is 18.9. The predicted octanol–water partition coefficient (Wildman–Crippen LogP) is 4.72. The van der Waals surface area contributed by atoms with Gasteiger partial charge in [-0.3, -0.25) is 9.59 Å². The molecule has 0 fully saturated rings. The van der Waals surface area contributed by atoms with E-state index >= 15 is 0 Å². The largest absolute Gasteiger partial charge is 0.455 e. The zero-order valence-corrected chi connectivity index (χ0v) is 22.8. The maximum Gasteiger partial charge on any atom is 0.455 e. The second-order valence-corrected chi connectivity index (χ2v) is 9.61. The number of benzene rings is 1. The van der Waals surface area contributed by atoms with E-state index in [9.17, 15) is 22.8 Å². The standard InChI is InChI=1S/C24H22Cl2F3N9O2/c1-4-13(3)31-21(39)16-9-14(25)8-12(2)19(16)32-22(40)18-10-15(11-37-35-23(33-36-37)24(27,28)29)34-38(18)20-17(26)6-5-7-30-20/h5-10,13H,4,11H2,1-3H3,(H,31,39)(H,32,40). The van der Waals surface area contributed by atoms with Crippen molar-refractivity contribution in [1.29, 1.82) is 0 Å². The van der Waals surface area contributed by atoms with Gasteiger partial charge in [-0.1, -0.05) is 30.1 Å². The Bertz CT molecular complexity index is 1570. The Labute approximate surface area is 235 Å². The van der Waals surface area contributed by atoms with Gasteiger partial charge in [0.25, 0.3) is 17.6 Å². The van der Waals surface area contributed by atoms with Gasteiger partial charge in [-0.2, -0.15) is 23.1 Å². The summed E-state index contributed by atoms with van der Waals surface area (Å²) in [5.41, 5.74) is 0.912. The number of aryl methyl sites for hydroxylation is 1. The van der Waals surface area contributed by atoms with Crippen molar-refractivity contribution in [3.05, 3.63) is 74.9 Å². The summed E-state index contributed by atoms with van der Waals surface area (Å²) >= 11 is 12.5. The van der Waals surface area contributed by atoms with E-state index in [0.717, 1.165) is 4.68 Å². The lowest BCUT2D eigenvalue weighted by Gasteiger charge is -2.17. The van der Waals surface area contributed by atoms with E-state index in [1.807, 2.05) is 13.8 Å². The maximum atomic E-state index is 13.6. The van der Waals surface area contributed by atoms with E-state index in [1.165, 1.54) is 24.4 Å². The minimum absolute atomic E-state index is 0.0746. The number of nitrogens with one attached hydrogen (secondary N) is 2. The number of hydrogen-bond donors (Lipinski definition) is 2. The zero-order chi connectivity index (χ0) is 29.2. The van der Waals surface area contributed by atoms with Crippen LogP contribution >= 0.6 is 23.2 Å².